The van der Waals surface area contributed by atoms with Gasteiger partial charge in [0.15, 0.2) is 6.10 Å². The number of fused-ring (bicyclic) bond motifs is 1. The first-order chi connectivity index (χ1) is 15.5. The molecule has 1 aliphatic heterocycles. The van der Waals surface area contributed by atoms with E-state index in [0.29, 0.717) is 25.3 Å². The second-order valence-corrected chi connectivity index (χ2v) is 8.42. The van der Waals surface area contributed by atoms with Crippen LogP contribution >= 0.6 is 0 Å². The molecule has 0 saturated heterocycles. The average Bonchev–Trinajstić information content (AvgIpc) is 3.65. The normalized spacial score (nSPS) is 18.4. The molecule has 1 fully saturated rings. The summed E-state index contributed by atoms with van der Waals surface area (Å²) in [6.45, 7) is 6.49. The van der Waals surface area contributed by atoms with E-state index in [-0.39, 0.29) is 29.6 Å². The maximum Gasteiger partial charge on any atom is 0.261 e. The van der Waals surface area contributed by atoms with Gasteiger partial charge < -0.3 is 15.0 Å². The van der Waals surface area contributed by atoms with Crippen LogP contribution in [0.15, 0.2) is 55.1 Å². The number of rotatable bonds is 8. The van der Waals surface area contributed by atoms with Crippen LogP contribution in [0.5, 0.6) is 5.75 Å². The summed E-state index contributed by atoms with van der Waals surface area (Å²) in [5.41, 5.74) is 2.78. The van der Waals surface area contributed by atoms with Gasteiger partial charge in [-0.3, -0.25) is 9.59 Å². The number of benzene rings is 2. The van der Waals surface area contributed by atoms with Gasteiger partial charge in [0.1, 0.15) is 11.6 Å². The molecule has 5 nitrogen and oxygen atoms in total. The first-order valence-electron chi connectivity index (χ1n) is 11.3. The van der Waals surface area contributed by atoms with Crippen molar-refractivity contribution in [2.75, 3.05) is 13.1 Å². The Morgan fingerprint density at radius 3 is 2.78 bits per heavy atom. The molecule has 2 atom stereocenters. The van der Waals surface area contributed by atoms with Crippen LogP contribution in [0.1, 0.15) is 48.9 Å². The Morgan fingerprint density at radius 1 is 1.28 bits per heavy atom. The second-order valence-electron chi connectivity index (χ2n) is 8.42. The predicted molar refractivity (Wildman–Crippen MR) is 121 cm³/mol. The van der Waals surface area contributed by atoms with Gasteiger partial charge in [-0.2, -0.15) is 0 Å². The lowest BCUT2D eigenvalue weighted by atomic mass is 9.87. The van der Waals surface area contributed by atoms with Gasteiger partial charge in [0, 0.05) is 19.0 Å². The largest absolute Gasteiger partial charge is 0.481 e. The lowest BCUT2D eigenvalue weighted by Gasteiger charge is -2.38. The SMILES string of the molecule is C=CCNC(=O)C(CC)Oc1ccc2c(c1)C(c1cccc(F)c1)N(C(=O)C1CC1)CC2. The second kappa shape index (κ2) is 9.55. The first kappa shape index (κ1) is 22.1. The minimum absolute atomic E-state index is 0.0741. The van der Waals surface area contributed by atoms with Crippen molar-refractivity contribution >= 4 is 11.8 Å². The van der Waals surface area contributed by atoms with Crippen LogP contribution in [0, 0.1) is 11.7 Å². The van der Waals surface area contributed by atoms with Gasteiger partial charge in [0.2, 0.25) is 5.91 Å². The standard InChI is InChI=1S/C26H29FN2O3/c1-3-13-28-25(30)23(4-2)32-21-11-10-17-12-14-29(26(31)18-8-9-18)24(22(17)16-21)19-6-5-7-20(27)15-19/h3,5-7,10-11,15-16,18,23-24H,1,4,8-9,12-14H2,2H3,(H,28,30). The summed E-state index contributed by atoms with van der Waals surface area (Å²) in [5.74, 6) is 0.242. The highest BCUT2D eigenvalue weighted by Gasteiger charge is 2.39. The van der Waals surface area contributed by atoms with Crippen molar-refractivity contribution < 1.29 is 18.7 Å². The minimum Gasteiger partial charge on any atom is -0.481 e. The molecule has 168 valence electrons. The maximum absolute atomic E-state index is 14.1. The fourth-order valence-corrected chi connectivity index (χ4v) is 4.28. The Kier molecular flexibility index (Phi) is 6.58. The maximum atomic E-state index is 14.1. The molecule has 6 heteroatoms. The quantitative estimate of drug-likeness (QED) is 0.632. The molecule has 0 bridgehead atoms. The molecule has 1 aliphatic carbocycles. The molecular formula is C26H29FN2O3. The molecule has 2 aromatic carbocycles. The summed E-state index contributed by atoms with van der Waals surface area (Å²) >= 11 is 0. The van der Waals surface area contributed by atoms with Crippen molar-refractivity contribution in [1.82, 2.24) is 10.2 Å². The molecule has 1 saturated carbocycles. The highest BCUT2D eigenvalue weighted by atomic mass is 19.1. The Balaban J connectivity index is 1.68. The average molecular weight is 437 g/mol. The number of ether oxygens (including phenoxy) is 1. The number of carbonyl (C=O) groups excluding carboxylic acids is 2. The fourth-order valence-electron chi connectivity index (χ4n) is 4.28. The van der Waals surface area contributed by atoms with Crippen molar-refractivity contribution in [3.8, 4) is 5.75 Å². The molecule has 0 aromatic heterocycles. The van der Waals surface area contributed by atoms with Crippen LogP contribution in [0.25, 0.3) is 0 Å². The molecule has 1 N–H and O–H groups in total. The van der Waals surface area contributed by atoms with Crippen LogP contribution in [0.2, 0.25) is 0 Å². The third-order valence-corrected chi connectivity index (χ3v) is 6.08. The highest BCUT2D eigenvalue weighted by molar-refractivity contribution is 5.82. The van der Waals surface area contributed by atoms with Crippen LogP contribution in [0.3, 0.4) is 0 Å². The Bertz CT molecular complexity index is 1020. The van der Waals surface area contributed by atoms with Crippen molar-refractivity contribution in [1.29, 1.82) is 0 Å². The van der Waals surface area contributed by atoms with Gasteiger partial charge in [-0.05, 0) is 66.6 Å². The fraction of sp³-hybridized carbons (Fsp3) is 0.385. The van der Waals surface area contributed by atoms with Gasteiger partial charge in [0.05, 0.1) is 6.04 Å². The van der Waals surface area contributed by atoms with E-state index in [2.05, 4.69) is 11.9 Å². The lowest BCUT2D eigenvalue weighted by Crippen LogP contribution is -2.41. The minimum atomic E-state index is -0.631. The van der Waals surface area contributed by atoms with E-state index in [0.717, 1.165) is 36.0 Å². The molecular weight excluding hydrogens is 407 g/mol. The molecule has 2 aromatic rings. The van der Waals surface area contributed by atoms with Crippen molar-refractivity contribution in [2.45, 2.75) is 44.8 Å². The van der Waals surface area contributed by atoms with E-state index in [1.165, 1.54) is 12.1 Å². The number of hydrogen-bond acceptors (Lipinski definition) is 3. The Hall–Kier alpha value is -3.15. The zero-order chi connectivity index (χ0) is 22.7. The molecule has 2 aliphatic rings. The molecule has 0 spiro atoms. The lowest BCUT2D eigenvalue weighted by molar-refractivity contribution is -0.134. The summed E-state index contributed by atoms with van der Waals surface area (Å²) in [6.07, 6.45) is 4.07. The molecule has 0 radical (unpaired) electrons. The topological polar surface area (TPSA) is 58.6 Å². The van der Waals surface area contributed by atoms with Crippen LogP contribution in [0.4, 0.5) is 4.39 Å². The van der Waals surface area contributed by atoms with E-state index in [4.69, 9.17) is 4.74 Å². The molecule has 32 heavy (non-hydrogen) atoms. The van der Waals surface area contributed by atoms with Crippen LogP contribution < -0.4 is 10.1 Å². The third-order valence-electron chi connectivity index (χ3n) is 6.08. The summed E-state index contributed by atoms with van der Waals surface area (Å²) in [4.78, 5) is 27.4. The number of halogens is 1. The van der Waals surface area contributed by atoms with Crippen LogP contribution in [-0.2, 0) is 16.0 Å². The van der Waals surface area contributed by atoms with Gasteiger partial charge in [-0.15, -0.1) is 6.58 Å². The van der Waals surface area contributed by atoms with E-state index in [1.807, 2.05) is 36.1 Å². The monoisotopic (exact) mass is 436 g/mol. The smallest absolute Gasteiger partial charge is 0.261 e. The van der Waals surface area contributed by atoms with Crippen molar-refractivity contribution in [3.05, 3.63) is 77.6 Å². The molecule has 2 amide bonds. The summed E-state index contributed by atoms with van der Waals surface area (Å²) in [5, 5.41) is 2.77. The molecule has 4 rings (SSSR count). The van der Waals surface area contributed by atoms with Gasteiger partial charge in [-0.1, -0.05) is 31.2 Å². The van der Waals surface area contributed by atoms with Crippen LogP contribution in [-0.4, -0.2) is 35.9 Å². The van der Waals surface area contributed by atoms with Gasteiger partial charge in [0.25, 0.3) is 5.91 Å². The molecule has 2 unspecified atom stereocenters. The zero-order valence-electron chi connectivity index (χ0n) is 18.4. The first-order valence-corrected chi connectivity index (χ1v) is 11.3. The Morgan fingerprint density at radius 2 is 2.09 bits per heavy atom. The van der Waals surface area contributed by atoms with Crippen molar-refractivity contribution in [2.24, 2.45) is 5.92 Å². The van der Waals surface area contributed by atoms with E-state index < -0.39 is 6.10 Å². The number of hydrogen-bond donors (Lipinski definition) is 1. The van der Waals surface area contributed by atoms with Gasteiger partial charge >= 0.3 is 0 Å². The van der Waals surface area contributed by atoms with Crippen molar-refractivity contribution in [3.63, 3.8) is 0 Å². The highest BCUT2D eigenvalue weighted by Crippen LogP contribution is 2.41. The number of nitrogens with zero attached hydrogens (tertiary/aromatic N) is 1. The summed E-state index contributed by atoms with van der Waals surface area (Å²) in [6, 6.07) is 11.8. The van der Waals surface area contributed by atoms with E-state index >= 15 is 0 Å². The Labute approximate surface area is 188 Å². The van der Waals surface area contributed by atoms with E-state index in [9.17, 15) is 14.0 Å². The summed E-state index contributed by atoms with van der Waals surface area (Å²) < 4.78 is 20.1. The molecule has 1 heterocycles. The zero-order valence-corrected chi connectivity index (χ0v) is 18.4. The summed E-state index contributed by atoms with van der Waals surface area (Å²) in [7, 11) is 0. The number of amides is 2. The third kappa shape index (κ3) is 4.69. The van der Waals surface area contributed by atoms with E-state index in [1.54, 1.807) is 12.1 Å². The number of carbonyl (C=O) groups is 2. The predicted octanol–water partition coefficient (Wildman–Crippen LogP) is 4.17. The van der Waals surface area contributed by atoms with Gasteiger partial charge in [-0.25, -0.2) is 4.39 Å². The number of nitrogens with one attached hydrogen (secondary N) is 1.